The summed E-state index contributed by atoms with van der Waals surface area (Å²) in [4.78, 5) is 19.2. The second-order valence-corrected chi connectivity index (χ2v) is 6.81. The molecular weight excluding hydrogens is 318 g/mol. The van der Waals surface area contributed by atoms with Gasteiger partial charge in [0.1, 0.15) is 4.90 Å². The van der Waals surface area contributed by atoms with Gasteiger partial charge in [-0.1, -0.05) is 19.1 Å². The topological polar surface area (TPSA) is 102 Å². The SMILES string of the molecule is CCC(=O)ONS(=O)(=O)c1cc2c(N(C)C)cccc2cc1N. The molecule has 0 fully saturated rings. The van der Waals surface area contributed by atoms with E-state index in [9.17, 15) is 13.2 Å². The van der Waals surface area contributed by atoms with Gasteiger partial charge in [-0.15, -0.1) is 0 Å². The quantitative estimate of drug-likeness (QED) is 0.635. The Bertz CT molecular complexity index is 847. The zero-order chi connectivity index (χ0) is 17.2. The van der Waals surface area contributed by atoms with Crippen molar-refractivity contribution in [3.63, 3.8) is 0 Å². The highest BCUT2D eigenvalue weighted by molar-refractivity contribution is 7.89. The Morgan fingerprint density at radius 3 is 2.61 bits per heavy atom. The van der Waals surface area contributed by atoms with Crippen molar-refractivity contribution < 1.29 is 18.0 Å². The van der Waals surface area contributed by atoms with Gasteiger partial charge in [-0.05, 0) is 28.5 Å². The molecule has 0 amide bonds. The summed E-state index contributed by atoms with van der Waals surface area (Å²) in [5, 5.41) is 1.55. The minimum atomic E-state index is -4.07. The summed E-state index contributed by atoms with van der Waals surface area (Å²) in [6.07, 6.45) is 0.0561. The summed E-state index contributed by atoms with van der Waals surface area (Å²) >= 11 is 0. The number of rotatable bonds is 5. The van der Waals surface area contributed by atoms with E-state index in [1.165, 1.54) is 6.07 Å². The number of carbonyl (C=O) groups excluding carboxylic acids is 1. The van der Waals surface area contributed by atoms with Crippen LogP contribution in [0.2, 0.25) is 0 Å². The molecule has 0 saturated heterocycles. The Labute approximate surface area is 135 Å². The predicted octanol–water partition coefficient (Wildman–Crippen LogP) is 1.63. The molecule has 8 heteroatoms. The molecule has 0 spiro atoms. The van der Waals surface area contributed by atoms with Gasteiger partial charge in [-0.2, -0.15) is 0 Å². The Kier molecular flexibility index (Phi) is 4.76. The molecule has 0 unspecified atom stereocenters. The molecule has 0 aliphatic rings. The standard InChI is InChI=1S/C15H19N3O4S/c1-4-15(19)22-17-23(20,21)14-9-11-10(8-12(14)16)6-5-7-13(11)18(2)3/h5-9,17H,4,16H2,1-3H3. The number of nitrogen functional groups attached to an aromatic ring is 1. The fourth-order valence-corrected chi connectivity index (χ4v) is 3.08. The van der Waals surface area contributed by atoms with Crippen LogP contribution in [0.1, 0.15) is 13.3 Å². The predicted molar refractivity (Wildman–Crippen MR) is 89.4 cm³/mol. The van der Waals surface area contributed by atoms with Crippen LogP contribution in [0.25, 0.3) is 10.8 Å². The van der Waals surface area contributed by atoms with E-state index in [0.29, 0.717) is 0 Å². The number of hydrogen-bond donors (Lipinski definition) is 2. The minimum absolute atomic E-state index is 0.0561. The Morgan fingerprint density at radius 2 is 2.00 bits per heavy atom. The number of nitrogens with two attached hydrogens (primary N) is 1. The molecule has 0 atom stereocenters. The monoisotopic (exact) mass is 337 g/mol. The first-order chi connectivity index (χ1) is 10.8. The van der Waals surface area contributed by atoms with Crippen LogP contribution in [-0.4, -0.2) is 28.5 Å². The van der Waals surface area contributed by atoms with E-state index < -0.39 is 16.0 Å². The third-order valence-electron chi connectivity index (χ3n) is 3.31. The molecule has 0 heterocycles. The van der Waals surface area contributed by atoms with Crippen LogP contribution in [0.5, 0.6) is 0 Å². The molecule has 0 aliphatic carbocycles. The van der Waals surface area contributed by atoms with Crippen LogP contribution in [-0.2, 0) is 19.7 Å². The van der Waals surface area contributed by atoms with Gasteiger partial charge >= 0.3 is 5.97 Å². The fraction of sp³-hybridized carbons (Fsp3) is 0.267. The Hall–Kier alpha value is -2.32. The van der Waals surface area contributed by atoms with Crippen LogP contribution in [0.15, 0.2) is 35.2 Å². The summed E-state index contributed by atoms with van der Waals surface area (Å²) < 4.78 is 24.6. The number of sulfonamides is 1. The average molecular weight is 337 g/mol. The molecule has 3 N–H and O–H groups in total. The summed E-state index contributed by atoms with van der Waals surface area (Å²) in [6, 6.07) is 8.65. The second kappa shape index (κ2) is 6.43. The van der Waals surface area contributed by atoms with Crippen LogP contribution in [0, 0.1) is 0 Å². The molecule has 23 heavy (non-hydrogen) atoms. The van der Waals surface area contributed by atoms with Gasteiger partial charge in [0.2, 0.25) is 0 Å². The summed E-state index contributed by atoms with van der Waals surface area (Å²) in [6.45, 7) is 1.56. The van der Waals surface area contributed by atoms with E-state index in [4.69, 9.17) is 5.73 Å². The second-order valence-electron chi connectivity index (χ2n) is 5.20. The van der Waals surface area contributed by atoms with Gasteiger partial charge < -0.3 is 15.5 Å². The third kappa shape index (κ3) is 3.54. The maximum Gasteiger partial charge on any atom is 0.325 e. The van der Waals surface area contributed by atoms with Crippen LogP contribution < -0.4 is 15.5 Å². The van der Waals surface area contributed by atoms with Gasteiger partial charge in [0.05, 0.1) is 5.69 Å². The lowest BCUT2D eigenvalue weighted by atomic mass is 10.1. The van der Waals surface area contributed by atoms with E-state index in [0.717, 1.165) is 16.5 Å². The average Bonchev–Trinajstić information content (AvgIpc) is 2.50. The first-order valence-electron chi connectivity index (χ1n) is 6.97. The lowest BCUT2D eigenvalue weighted by molar-refractivity contribution is -0.146. The zero-order valence-corrected chi connectivity index (χ0v) is 14.0. The smallest absolute Gasteiger partial charge is 0.325 e. The van der Waals surface area contributed by atoms with Crippen LogP contribution in [0.4, 0.5) is 11.4 Å². The maximum atomic E-state index is 12.3. The van der Waals surface area contributed by atoms with E-state index in [1.54, 1.807) is 13.0 Å². The molecule has 2 aromatic carbocycles. The highest BCUT2D eigenvalue weighted by atomic mass is 32.2. The Morgan fingerprint density at radius 1 is 1.30 bits per heavy atom. The molecule has 0 aliphatic heterocycles. The van der Waals surface area contributed by atoms with Crippen molar-refractivity contribution in [1.82, 2.24) is 4.89 Å². The van der Waals surface area contributed by atoms with Crippen molar-refractivity contribution in [2.75, 3.05) is 24.7 Å². The Balaban J connectivity index is 2.54. The van der Waals surface area contributed by atoms with E-state index in [1.807, 2.05) is 42.1 Å². The van der Waals surface area contributed by atoms with Gasteiger partial charge in [0, 0.05) is 31.6 Å². The molecule has 0 radical (unpaired) electrons. The van der Waals surface area contributed by atoms with Gasteiger partial charge in [0.15, 0.2) is 0 Å². The molecule has 2 rings (SSSR count). The van der Waals surface area contributed by atoms with Crippen molar-refractivity contribution in [2.24, 2.45) is 0 Å². The fourth-order valence-electron chi connectivity index (χ4n) is 2.15. The van der Waals surface area contributed by atoms with Gasteiger partial charge in [0.25, 0.3) is 10.0 Å². The third-order valence-corrected chi connectivity index (χ3v) is 4.55. The van der Waals surface area contributed by atoms with E-state index >= 15 is 0 Å². The van der Waals surface area contributed by atoms with Crippen molar-refractivity contribution in [1.29, 1.82) is 0 Å². The van der Waals surface area contributed by atoms with Crippen LogP contribution in [0.3, 0.4) is 0 Å². The molecule has 0 saturated carbocycles. The number of benzene rings is 2. The first-order valence-corrected chi connectivity index (χ1v) is 8.45. The van der Waals surface area contributed by atoms with Crippen LogP contribution >= 0.6 is 0 Å². The summed E-state index contributed by atoms with van der Waals surface area (Å²) in [5.41, 5.74) is 6.79. The summed E-state index contributed by atoms with van der Waals surface area (Å²) in [5.74, 6) is -0.679. The largest absolute Gasteiger partial charge is 0.398 e. The highest BCUT2D eigenvalue weighted by Crippen LogP contribution is 2.31. The highest BCUT2D eigenvalue weighted by Gasteiger charge is 2.21. The van der Waals surface area contributed by atoms with Crippen molar-refractivity contribution >= 4 is 38.1 Å². The number of nitrogens with zero attached hydrogens (tertiary/aromatic N) is 1. The number of anilines is 2. The van der Waals surface area contributed by atoms with Gasteiger partial charge in [-0.25, -0.2) is 8.42 Å². The first kappa shape index (κ1) is 17.0. The lowest BCUT2D eigenvalue weighted by Gasteiger charge is -2.17. The normalized spacial score (nSPS) is 11.4. The minimum Gasteiger partial charge on any atom is -0.398 e. The number of carbonyl (C=O) groups is 1. The van der Waals surface area contributed by atoms with E-state index in [-0.39, 0.29) is 17.0 Å². The molecule has 7 nitrogen and oxygen atoms in total. The molecule has 0 bridgehead atoms. The summed E-state index contributed by atoms with van der Waals surface area (Å²) in [7, 11) is -0.343. The van der Waals surface area contributed by atoms with Crippen molar-refractivity contribution in [3.8, 4) is 0 Å². The van der Waals surface area contributed by atoms with Gasteiger partial charge in [-0.3, -0.25) is 4.79 Å². The molecule has 124 valence electrons. The number of nitrogens with one attached hydrogen (secondary N) is 1. The lowest BCUT2D eigenvalue weighted by Crippen LogP contribution is -2.27. The van der Waals surface area contributed by atoms with E-state index in [2.05, 4.69) is 4.84 Å². The zero-order valence-electron chi connectivity index (χ0n) is 13.2. The molecule has 0 aromatic heterocycles. The molecule has 2 aromatic rings. The maximum absolute atomic E-state index is 12.3. The number of hydrogen-bond acceptors (Lipinski definition) is 6. The van der Waals surface area contributed by atoms with Crippen molar-refractivity contribution in [3.05, 3.63) is 30.3 Å². The number of fused-ring (bicyclic) bond motifs is 1. The molecular formula is C15H19N3O4S. The van der Waals surface area contributed by atoms with Crippen molar-refractivity contribution in [2.45, 2.75) is 18.2 Å².